The standard InChI is InChI=1S/C19H24N6O2/c1-3-27-17-5-4-16(12-15(17)13-20)22-19(26)25-10-8-24(9-11-25)14-18-21-6-7-23(18)2/h4-7,12H,3,8-11,14H2,1-2H3,(H,22,26). The molecule has 1 aliphatic rings. The highest BCUT2D eigenvalue weighted by atomic mass is 16.5. The number of anilines is 1. The first-order chi connectivity index (χ1) is 13.1. The third-order valence-corrected chi connectivity index (χ3v) is 4.60. The number of carbonyl (C=O) groups is 1. The summed E-state index contributed by atoms with van der Waals surface area (Å²) < 4.78 is 7.42. The average molecular weight is 368 g/mol. The minimum absolute atomic E-state index is 0.153. The van der Waals surface area contributed by atoms with Crippen LogP contribution < -0.4 is 10.1 Å². The van der Waals surface area contributed by atoms with Crippen molar-refractivity contribution in [1.82, 2.24) is 19.4 Å². The number of nitrogens with one attached hydrogen (secondary N) is 1. The Morgan fingerprint density at radius 3 is 2.74 bits per heavy atom. The van der Waals surface area contributed by atoms with Gasteiger partial charge in [0.05, 0.1) is 18.7 Å². The Labute approximate surface area is 159 Å². The molecule has 142 valence electrons. The summed E-state index contributed by atoms with van der Waals surface area (Å²) in [7, 11) is 1.98. The molecule has 2 amide bonds. The molecule has 0 radical (unpaired) electrons. The summed E-state index contributed by atoms with van der Waals surface area (Å²) in [6.45, 7) is 6.04. The highest BCUT2D eigenvalue weighted by Crippen LogP contribution is 2.22. The Balaban J connectivity index is 1.54. The Kier molecular flexibility index (Phi) is 5.94. The number of nitrogens with zero attached hydrogens (tertiary/aromatic N) is 5. The van der Waals surface area contributed by atoms with Gasteiger partial charge in [-0.3, -0.25) is 4.90 Å². The Bertz CT molecular complexity index is 833. The van der Waals surface area contributed by atoms with Crippen molar-refractivity contribution < 1.29 is 9.53 Å². The van der Waals surface area contributed by atoms with Gasteiger partial charge in [0.15, 0.2) is 0 Å². The number of amides is 2. The zero-order valence-corrected chi connectivity index (χ0v) is 15.7. The predicted molar refractivity (Wildman–Crippen MR) is 101 cm³/mol. The molecule has 1 aromatic carbocycles. The molecule has 0 bridgehead atoms. The van der Waals surface area contributed by atoms with Crippen molar-refractivity contribution in [2.24, 2.45) is 7.05 Å². The van der Waals surface area contributed by atoms with E-state index in [4.69, 9.17) is 4.74 Å². The molecule has 0 saturated carbocycles. The maximum absolute atomic E-state index is 12.5. The van der Waals surface area contributed by atoms with Gasteiger partial charge in [0, 0.05) is 51.3 Å². The molecule has 2 heterocycles. The number of carbonyl (C=O) groups excluding carboxylic acids is 1. The van der Waals surface area contributed by atoms with Gasteiger partial charge >= 0.3 is 6.03 Å². The predicted octanol–water partition coefficient (Wildman–Crippen LogP) is 2.04. The first kappa shape index (κ1) is 18.7. The van der Waals surface area contributed by atoms with Gasteiger partial charge in [0.2, 0.25) is 0 Å². The molecule has 1 aromatic heterocycles. The van der Waals surface area contributed by atoms with Crippen molar-refractivity contribution in [2.75, 3.05) is 38.1 Å². The van der Waals surface area contributed by atoms with E-state index in [-0.39, 0.29) is 6.03 Å². The molecule has 0 unspecified atom stereocenters. The minimum atomic E-state index is -0.153. The van der Waals surface area contributed by atoms with E-state index in [1.807, 2.05) is 24.7 Å². The fourth-order valence-electron chi connectivity index (χ4n) is 3.04. The molecular weight excluding hydrogens is 344 g/mol. The lowest BCUT2D eigenvalue weighted by molar-refractivity contribution is 0.140. The number of rotatable bonds is 5. The Morgan fingerprint density at radius 1 is 1.33 bits per heavy atom. The topological polar surface area (TPSA) is 86.4 Å². The van der Waals surface area contributed by atoms with Crippen LogP contribution >= 0.6 is 0 Å². The molecule has 0 aliphatic carbocycles. The molecule has 0 spiro atoms. The van der Waals surface area contributed by atoms with Crippen molar-refractivity contribution in [1.29, 1.82) is 5.26 Å². The smallest absolute Gasteiger partial charge is 0.321 e. The van der Waals surface area contributed by atoms with E-state index in [1.165, 1.54) is 0 Å². The van der Waals surface area contributed by atoms with Crippen molar-refractivity contribution >= 4 is 11.7 Å². The van der Waals surface area contributed by atoms with Gasteiger partial charge < -0.3 is 19.5 Å². The highest BCUT2D eigenvalue weighted by molar-refractivity contribution is 5.89. The SMILES string of the molecule is CCOc1ccc(NC(=O)N2CCN(Cc3nccn3C)CC2)cc1C#N. The third kappa shape index (κ3) is 4.57. The molecular formula is C19H24N6O2. The Hall–Kier alpha value is -3.05. The van der Waals surface area contributed by atoms with Gasteiger partial charge in [0.25, 0.3) is 0 Å². The summed E-state index contributed by atoms with van der Waals surface area (Å²) in [6.07, 6.45) is 3.73. The maximum atomic E-state index is 12.5. The number of imidazole rings is 1. The lowest BCUT2D eigenvalue weighted by atomic mass is 10.2. The number of nitriles is 1. The van der Waals surface area contributed by atoms with E-state index in [0.717, 1.165) is 25.5 Å². The number of aromatic nitrogens is 2. The number of benzene rings is 1. The number of urea groups is 1. The zero-order chi connectivity index (χ0) is 19.2. The van der Waals surface area contributed by atoms with Crippen LogP contribution in [0.1, 0.15) is 18.3 Å². The summed E-state index contributed by atoms with van der Waals surface area (Å²) >= 11 is 0. The number of piperazine rings is 1. The average Bonchev–Trinajstić information content (AvgIpc) is 3.08. The molecule has 8 nitrogen and oxygen atoms in total. The van der Waals surface area contributed by atoms with E-state index in [2.05, 4.69) is 21.3 Å². The number of hydrogen-bond acceptors (Lipinski definition) is 5. The van der Waals surface area contributed by atoms with Crippen LogP contribution in [-0.2, 0) is 13.6 Å². The highest BCUT2D eigenvalue weighted by Gasteiger charge is 2.22. The molecule has 1 saturated heterocycles. The van der Waals surface area contributed by atoms with Crippen LogP contribution in [-0.4, -0.2) is 58.2 Å². The van der Waals surface area contributed by atoms with Gasteiger partial charge in [-0.2, -0.15) is 5.26 Å². The van der Waals surface area contributed by atoms with Crippen LogP contribution in [0.4, 0.5) is 10.5 Å². The second-order valence-corrected chi connectivity index (χ2v) is 6.40. The summed E-state index contributed by atoms with van der Waals surface area (Å²) in [5.74, 6) is 1.55. The Morgan fingerprint density at radius 2 is 2.11 bits per heavy atom. The van der Waals surface area contributed by atoms with Gasteiger partial charge in [0.1, 0.15) is 17.6 Å². The molecule has 0 atom stereocenters. The van der Waals surface area contributed by atoms with Gasteiger partial charge in [-0.05, 0) is 25.1 Å². The summed E-state index contributed by atoms with van der Waals surface area (Å²) in [5, 5.41) is 12.1. The quantitative estimate of drug-likeness (QED) is 0.873. The minimum Gasteiger partial charge on any atom is -0.492 e. The number of hydrogen-bond donors (Lipinski definition) is 1. The van der Waals surface area contributed by atoms with E-state index in [9.17, 15) is 10.1 Å². The van der Waals surface area contributed by atoms with Gasteiger partial charge in [-0.25, -0.2) is 9.78 Å². The maximum Gasteiger partial charge on any atom is 0.321 e. The van der Waals surface area contributed by atoms with Crippen LogP contribution in [0.15, 0.2) is 30.6 Å². The summed E-state index contributed by atoms with van der Waals surface area (Å²) in [4.78, 5) is 20.9. The zero-order valence-electron chi connectivity index (χ0n) is 15.7. The van der Waals surface area contributed by atoms with Crippen LogP contribution in [0.25, 0.3) is 0 Å². The van der Waals surface area contributed by atoms with Crippen molar-refractivity contribution in [3.05, 3.63) is 42.0 Å². The van der Waals surface area contributed by atoms with Crippen LogP contribution in [0.3, 0.4) is 0 Å². The fourth-order valence-corrected chi connectivity index (χ4v) is 3.04. The van der Waals surface area contributed by atoms with E-state index in [1.54, 1.807) is 29.3 Å². The van der Waals surface area contributed by atoms with Crippen LogP contribution in [0.2, 0.25) is 0 Å². The second-order valence-electron chi connectivity index (χ2n) is 6.40. The molecule has 27 heavy (non-hydrogen) atoms. The largest absolute Gasteiger partial charge is 0.492 e. The molecule has 8 heteroatoms. The van der Waals surface area contributed by atoms with E-state index >= 15 is 0 Å². The van der Waals surface area contributed by atoms with Gasteiger partial charge in [-0.1, -0.05) is 0 Å². The van der Waals surface area contributed by atoms with Crippen LogP contribution in [0.5, 0.6) is 5.75 Å². The molecule has 2 aromatic rings. The van der Waals surface area contributed by atoms with Crippen molar-refractivity contribution in [3.8, 4) is 11.8 Å². The summed E-state index contributed by atoms with van der Waals surface area (Å²) in [6, 6.07) is 7.05. The number of ether oxygens (including phenoxy) is 1. The van der Waals surface area contributed by atoms with Crippen LogP contribution in [0, 0.1) is 11.3 Å². The van der Waals surface area contributed by atoms with E-state index in [0.29, 0.717) is 36.7 Å². The fraction of sp³-hybridized carbons (Fsp3) is 0.421. The molecule has 1 aliphatic heterocycles. The van der Waals surface area contributed by atoms with Gasteiger partial charge in [-0.15, -0.1) is 0 Å². The van der Waals surface area contributed by atoms with E-state index < -0.39 is 0 Å². The van der Waals surface area contributed by atoms with Crippen molar-refractivity contribution in [3.63, 3.8) is 0 Å². The molecule has 1 N–H and O–H groups in total. The lowest BCUT2D eigenvalue weighted by Gasteiger charge is -2.34. The molecule has 1 fully saturated rings. The summed E-state index contributed by atoms with van der Waals surface area (Å²) in [5.41, 5.74) is 1.00. The number of aryl methyl sites for hydroxylation is 1. The lowest BCUT2D eigenvalue weighted by Crippen LogP contribution is -2.49. The second kappa shape index (κ2) is 8.56. The van der Waals surface area contributed by atoms with Crippen molar-refractivity contribution in [2.45, 2.75) is 13.5 Å². The molecule has 3 rings (SSSR count). The monoisotopic (exact) mass is 368 g/mol. The third-order valence-electron chi connectivity index (χ3n) is 4.60. The first-order valence-electron chi connectivity index (χ1n) is 9.02. The first-order valence-corrected chi connectivity index (χ1v) is 9.02. The normalized spacial score (nSPS) is 14.6.